The summed E-state index contributed by atoms with van der Waals surface area (Å²) >= 11 is 0. The molecule has 26 heavy (non-hydrogen) atoms. The van der Waals surface area contributed by atoms with E-state index in [4.69, 9.17) is 4.74 Å². The van der Waals surface area contributed by atoms with Crippen LogP contribution in [0.5, 0.6) is 0 Å². The average Bonchev–Trinajstić information content (AvgIpc) is 3.02. The summed E-state index contributed by atoms with van der Waals surface area (Å²) in [6.07, 6.45) is -3.78. The van der Waals surface area contributed by atoms with E-state index in [9.17, 15) is 22.8 Å². The molecule has 0 N–H and O–H groups in total. The molecule has 0 radical (unpaired) electrons. The van der Waals surface area contributed by atoms with Crippen LogP contribution >= 0.6 is 0 Å². The Labute approximate surface area is 149 Å². The molecule has 0 bridgehead atoms. The van der Waals surface area contributed by atoms with Crippen molar-refractivity contribution in [2.24, 2.45) is 5.92 Å². The van der Waals surface area contributed by atoms with Crippen molar-refractivity contribution in [2.75, 3.05) is 31.2 Å². The largest absolute Gasteiger partial charge is 0.406 e. The van der Waals surface area contributed by atoms with Crippen molar-refractivity contribution in [3.63, 3.8) is 0 Å². The summed E-state index contributed by atoms with van der Waals surface area (Å²) in [5, 5.41) is 0. The second-order valence-corrected chi connectivity index (χ2v) is 6.67. The highest BCUT2D eigenvalue weighted by Gasteiger charge is 2.43. The fourth-order valence-electron chi connectivity index (χ4n) is 3.54. The molecule has 8 heteroatoms. The number of rotatable bonds is 4. The molecule has 0 spiro atoms. The highest BCUT2D eigenvalue weighted by Crippen LogP contribution is 2.29. The molecule has 1 aromatic carbocycles. The third-order valence-corrected chi connectivity index (χ3v) is 4.81. The number of alkyl halides is 3. The number of carbonyl (C=O) groups excluding carboxylic acids is 2. The number of halogens is 3. The predicted molar refractivity (Wildman–Crippen MR) is 88.5 cm³/mol. The molecule has 5 nitrogen and oxygen atoms in total. The first-order valence-corrected chi connectivity index (χ1v) is 8.65. The SMILES string of the molecule is O=C1CC(C(=O)N(CC(F)(F)F)C2CCOCC2)CN1c1ccccc1. The third-order valence-electron chi connectivity index (χ3n) is 4.81. The summed E-state index contributed by atoms with van der Waals surface area (Å²) in [6.45, 7) is -0.496. The van der Waals surface area contributed by atoms with Gasteiger partial charge in [0.05, 0.1) is 5.92 Å². The molecule has 0 aliphatic carbocycles. The first-order chi connectivity index (χ1) is 12.3. The minimum Gasteiger partial charge on any atom is -0.381 e. The number of hydrogen-bond acceptors (Lipinski definition) is 3. The zero-order chi connectivity index (χ0) is 18.7. The topological polar surface area (TPSA) is 49.9 Å². The van der Waals surface area contributed by atoms with Crippen LogP contribution in [0.3, 0.4) is 0 Å². The van der Waals surface area contributed by atoms with Crippen LogP contribution in [-0.2, 0) is 14.3 Å². The monoisotopic (exact) mass is 370 g/mol. The fraction of sp³-hybridized carbons (Fsp3) is 0.556. The van der Waals surface area contributed by atoms with Gasteiger partial charge in [-0.3, -0.25) is 9.59 Å². The lowest BCUT2D eigenvalue weighted by Crippen LogP contribution is -2.50. The van der Waals surface area contributed by atoms with Crippen molar-refractivity contribution in [1.29, 1.82) is 0 Å². The quantitative estimate of drug-likeness (QED) is 0.819. The average molecular weight is 370 g/mol. The highest BCUT2D eigenvalue weighted by molar-refractivity contribution is 6.00. The summed E-state index contributed by atoms with van der Waals surface area (Å²) in [6, 6.07) is 8.35. The molecule has 2 fully saturated rings. The van der Waals surface area contributed by atoms with Crippen molar-refractivity contribution < 1.29 is 27.5 Å². The van der Waals surface area contributed by atoms with Gasteiger partial charge in [-0.15, -0.1) is 0 Å². The van der Waals surface area contributed by atoms with Crippen molar-refractivity contribution in [3.05, 3.63) is 30.3 Å². The van der Waals surface area contributed by atoms with Crippen LogP contribution in [0.2, 0.25) is 0 Å². The second kappa shape index (κ2) is 7.65. The summed E-state index contributed by atoms with van der Waals surface area (Å²) in [5.41, 5.74) is 0.654. The van der Waals surface area contributed by atoms with E-state index < -0.39 is 30.6 Å². The summed E-state index contributed by atoms with van der Waals surface area (Å²) in [4.78, 5) is 27.5. The van der Waals surface area contributed by atoms with Gasteiger partial charge in [0.2, 0.25) is 11.8 Å². The fourth-order valence-corrected chi connectivity index (χ4v) is 3.54. The van der Waals surface area contributed by atoms with Gasteiger partial charge >= 0.3 is 6.18 Å². The number of hydrogen-bond donors (Lipinski definition) is 0. The number of amides is 2. The van der Waals surface area contributed by atoms with E-state index in [2.05, 4.69) is 0 Å². The van der Waals surface area contributed by atoms with E-state index >= 15 is 0 Å². The third kappa shape index (κ3) is 4.35. The summed E-state index contributed by atoms with van der Waals surface area (Å²) in [7, 11) is 0. The molecule has 2 heterocycles. The van der Waals surface area contributed by atoms with Crippen LogP contribution in [0, 0.1) is 5.92 Å². The molecule has 0 saturated carbocycles. The Morgan fingerprint density at radius 1 is 1.19 bits per heavy atom. The van der Waals surface area contributed by atoms with Gasteiger partial charge in [-0.25, -0.2) is 0 Å². The molecule has 3 rings (SSSR count). The van der Waals surface area contributed by atoms with Gasteiger partial charge in [0.1, 0.15) is 6.54 Å². The molecule has 1 atom stereocenters. The maximum atomic E-state index is 13.0. The van der Waals surface area contributed by atoms with Crippen molar-refractivity contribution >= 4 is 17.5 Å². The number of anilines is 1. The Kier molecular flexibility index (Phi) is 5.50. The molecule has 1 unspecified atom stereocenters. The molecule has 0 aromatic heterocycles. The Balaban J connectivity index is 1.75. The first-order valence-electron chi connectivity index (χ1n) is 8.65. The Hall–Kier alpha value is -2.09. The number of ether oxygens (including phenoxy) is 1. The van der Waals surface area contributed by atoms with Crippen LogP contribution in [0.15, 0.2) is 30.3 Å². The number of para-hydroxylation sites is 1. The zero-order valence-corrected chi connectivity index (χ0v) is 14.2. The van der Waals surface area contributed by atoms with E-state index in [1.165, 1.54) is 4.90 Å². The van der Waals surface area contributed by atoms with Crippen LogP contribution in [0.1, 0.15) is 19.3 Å². The van der Waals surface area contributed by atoms with Gasteiger partial charge in [-0.1, -0.05) is 18.2 Å². The molecule has 2 amide bonds. The lowest BCUT2D eigenvalue weighted by molar-refractivity contribution is -0.171. The van der Waals surface area contributed by atoms with Crippen LogP contribution < -0.4 is 4.90 Å². The predicted octanol–water partition coefficient (Wildman–Crippen LogP) is 2.61. The minimum atomic E-state index is -4.48. The minimum absolute atomic E-state index is 0.0642. The lowest BCUT2D eigenvalue weighted by Gasteiger charge is -2.36. The second-order valence-electron chi connectivity index (χ2n) is 6.67. The van der Waals surface area contributed by atoms with Crippen molar-refractivity contribution in [1.82, 2.24) is 4.90 Å². The van der Waals surface area contributed by atoms with Crippen molar-refractivity contribution in [2.45, 2.75) is 31.5 Å². The van der Waals surface area contributed by atoms with Crippen LogP contribution in [-0.4, -0.2) is 55.2 Å². The molecular formula is C18H21F3N2O3. The zero-order valence-electron chi connectivity index (χ0n) is 14.2. The van der Waals surface area contributed by atoms with Gasteiger partial charge in [0, 0.05) is 37.9 Å². The molecule has 2 aliphatic rings. The number of carbonyl (C=O) groups is 2. The van der Waals surface area contributed by atoms with E-state index in [-0.39, 0.29) is 18.9 Å². The maximum absolute atomic E-state index is 13.0. The van der Waals surface area contributed by atoms with Crippen molar-refractivity contribution in [3.8, 4) is 0 Å². The molecule has 2 saturated heterocycles. The van der Waals surface area contributed by atoms with Gasteiger partial charge in [0.25, 0.3) is 0 Å². The maximum Gasteiger partial charge on any atom is 0.406 e. The van der Waals surface area contributed by atoms with Crippen LogP contribution in [0.4, 0.5) is 18.9 Å². The molecule has 2 aliphatic heterocycles. The van der Waals surface area contributed by atoms with E-state index in [1.807, 2.05) is 6.07 Å². The summed E-state index contributed by atoms with van der Waals surface area (Å²) in [5.74, 6) is -1.60. The number of nitrogens with zero attached hydrogens (tertiary/aromatic N) is 2. The number of benzene rings is 1. The molecule has 1 aromatic rings. The van der Waals surface area contributed by atoms with Gasteiger partial charge in [0.15, 0.2) is 0 Å². The van der Waals surface area contributed by atoms with Crippen LogP contribution in [0.25, 0.3) is 0 Å². The molecular weight excluding hydrogens is 349 g/mol. The first kappa shape index (κ1) is 18.7. The van der Waals surface area contributed by atoms with Gasteiger partial charge < -0.3 is 14.5 Å². The highest BCUT2D eigenvalue weighted by atomic mass is 19.4. The Morgan fingerprint density at radius 2 is 1.85 bits per heavy atom. The smallest absolute Gasteiger partial charge is 0.381 e. The van der Waals surface area contributed by atoms with E-state index in [0.29, 0.717) is 31.7 Å². The Morgan fingerprint density at radius 3 is 2.46 bits per heavy atom. The molecule has 142 valence electrons. The summed E-state index contributed by atoms with van der Waals surface area (Å²) < 4.78 is 44.3. The Bertz CT molecular complexity index is 645. The lowest BCUT2D eigenvalue weighted by atomic mass is 10.0. The standard InChI is InChI=1S/C18H21F3N2O3/c19-18(20,21)12-23(15-6-8-26-9-7-15)17(25)13-10-16(24)22(11-13)14-4-2-1-3-5-14/h1-5,13,15H,6-12H2. The van der Waals surface area contributed by atoms with Gasteiger partial charge in [-0.05, 0) is 25.0 Å². The van der Waals surface area contributed by atoms with E-state index in [0.717, 1.165) is 4.90 Å². The van der Waals surface area contributed by atoms with Gasteiger partial charge in [-0.2, -0.15) is 13.2 Å². The normalized spacial score (nSPS) is 21.9. The van der Waals surface area contributed by atoms with E-state index in [1.54, 1.807) is 24.3 Å².